The van der Waals surface area contributed by atoms with E-state index in [2.05, 4.69) is 0 Å². The van der Waals surface area contributed by atoms with E-state index < -0.39 is 0 Å². The Morgan fingerprint density at radius 2 is 2.21 bits per heavy atom. The molecule has 0 radical (unpaired) electrons. The number of fused-ring (bicyclic) bond motifs is 3. The number of halogens is 1. The molecule has 1 nitrogen and oxygen atoms in total. The highest BCUT2D eigenvalue weighted by Crippen LogP contribution is 2.39. The number of ether oxygens (including phenoxy) is 1. The molecule has 0 spiro atoms. The van der Waals surface area contributed by atoms with Crippen molar-refractivity contribution in [3.8, 4) is 0 Å². The first-order chi connectivity index (χ1) is 6.84. The summed E-state index contributed by atoms with van der Waals surface area (Å²) in [5.41, 5.74) is 2.51. The Bertz CT molecular complexity index is 361. The number of rotatable bonds is 0. The van der Waals surface area contributed by atoms with Gasteiger partial charge >= 0.3 is 0 Å². The van der Waals surface area contributed by atoms with Gasteiger partial charge in [-0.15, -0.1) is 0 Å². The Morgan fingerprint density at radius 3 is 3.14 bits per heavy atom. The minimum Gasteiger partial charge on any atom is -0.378 e. The van der Waals surface area contributed by atoms with Crippen LogP contribution in [0.5, 0.6) is 0 Å². The summed E-state index contributed by atoms with van der Waals surface area (Å²) < 4.78 is 18.7. The SMILES string of the molecule is Fc1ccc2c(c1)CC[C@@H]1OCC[C@H]21. The van der Waals surface area contributed by atoms with Crippen LogP contribution in [0.1, 0.15) is 29.9 Å². The van der Waals surface area contributed by atoms with Gasteiger partial charge < -0.3 is 4.74 Å². The Balaban J connectivity index is 2.05. The van der Waals surface area contributed by atoms with E-state index in [9.17, 15) is 4.39 Å². The maximum Gasteiger partial charge on any atom is 0.123 e. The molecule has 0 unspecified atom stereocenters. The maximum absolute atomic E-state index is 13.0. The summed E-state index contributed by atoms with van der Waals surface area (Å²) in [6.45, 7) is 0.867. The summed E-state index contributed by atoms with van der Waals surface area (Å²) in [7, 11) is 0. The van der Waals surface area contributed by atoms with Gasteiger partial charge in [-0.2, -0.15) is 0 Å². The van der Waals surface area contributed by atoms with Crippen molar-refractivity contribution in [2.24, 2.45) is 0 Å². The molecule has 0 amide bonds. The monoisotopic (exact) mass is 192 g/mol. The molecule has 1 aromatic carbocycles. The second kappa shape index (κ2) is 3.06. The molecule has 1 heterocycles. The lowest BCUT2D eigenvalue weighted by molar-refractivity contribution is 0.0929. The molecular formula is C12H13FO. The number of hydrogen-bond donors (Lipinski definition) is 0. The first kappa shape index (κ1) is 8.42. The van der Waals surface area contributed by atoms with Crippen LogP contribution in [-0.4, -0.2) is 12.7 Å². The molecule has 0 bridgehead atoms. The van der Waals surface area contributed by atoms with Crippen LogP contribution < -0.4 is 0 Å². The Hall–Kier alpha value is -0.890. The molecule has 0 saturated carbocycles. The molecule has 1 fully saturated rings. The molecule has 0 N–H and O–H groups in total. The van der Waals surface area contributed by atoms with E-state index in [0.29, 0.717) is 12.0 Å². The van der Waals surface area contributed by atoms with E-state index in [1.807, 2.05) is 6.07 Å². The second-order valence-electron chi connectivity index (χ2n) is 4.19. The zero-order valence-corrected chi connectivity index (χ0v) is 8.00. The minimum atomic E-state index is -0.110. The van der Waals surface area contributed by atoms with E-state index in [0.717, 1.165) is 25.9 Å². The summed E-state index contributed by atoms with van der Waals surface area (Å²) in [6.07, 6.45) is 3.52. The highest BCUT2D eigenvalue weighted by atomic mass is 19.1. The number of aryl methyl sites for hydroxylation is 1. The van der Waals surface area contributed by atoms with E-state index in [1.54, 1.807) is 12.1 Å². The van der Waals surface area contributed by atoms with Gasteiger partial charge in [0.1, 0.15) is 5.82 Å². The van der Waals surface area contributed by atoms with Gasteiger partial charge in [0.15, 0.2) is 0 Å². The summed E-state index contributed by atoms with van der Waals surface area (Å²) in [6, 6.07) is 5.19. The van der Waals surface area contributed by atoms with Gasteiger partial charge in [0, 0.05) is 12.5 Å². The van der Waals surface area contributed by atoms with Crippen LogP contribution >= 0.6 is 0 Å². The fourth-order valence-corrected chi connectivity index (χ4v) is 2.74. The molecule has 74 valence electrons. The van der Waals surface area contributed by atoms with Gasteiger partial charge in [-0.3, -0.25) is 0 Å². The van der Waals surface area contributed by atoms with Crippen molar-refractivity contribution in [3.05, 3.63) is 35.1 Å². The summed E-state index contributed by atoms with van der Waals surface area (Å²) >= 11 is 0. The van der Waals surface area contributed by atoms with E-state index in [1.165, 1.54) is 11.1 Å². The molecule has 2 aliphatic rings. The lowest BCUT2D eigenvalue weighted by Gasteiger charge is -2.26. The van der Waals surface area contributed by atoms with Crippen LogP contribution in [0, 0.1) is 5.82 Å². The summed E-state index contributed by atoms with van der Waals surface area (Å²) in [4.78, 5) is 0. The number of hydrogen-bond acceptors (Lipinski definition) is 1. The standard InChI is InChI=1S/C12H13FO/c13-9-2-3-10-8(7-9)1-4-12-11(10)5-6-14-12/h2-3,7,11-12H,1,4-6H2/t11-,12+/m1/s1. The third-order valence-electron chi connectivity index (χ3n) is 3.41. The van der Waals surface area contributed by atoms with E-state index >= 15 is 0 Å². The van der Waals surface area contributed by atoms with Gasteiger partial charge in [-0.1, -0.05) is 6.07 Å². The van der Waals surface area contributed by atoms with Crippen LogP contribution in [0.2, 0.25) is 0 Å². The lowest BCUT2D eigenvalue weighted by atomic mass is 9.80. The van der Waals surface area contributed by atoms with Crippen LogP contribution in [-0.2, 0) is 11.2 Å². The van der Waals surface area contributed by atoms with Crippen molar-refractivity contribution in [2.75, 3.05) is 6.61 Å². The molecule has 1 aliphatic carbocycles. The molecule has 3 rings (SSSR count). The average molecular weight is 192 g/mol. The fourth-order valence-electron chi connectivity index (χ4n) is 2.74. The van der Waals surface area contributed by atoms with Gasteiger partial charge in [0.25, 0.3) is 0 Å². The molecule has 0 aromatic heterocycles. The molecule has 1 aromatic rings. The maximum atomic E-state index is 13.0. The molecular weight excluding hydrogens is 179 g/mol. The zero-order chi connectivity index (χ0) is 9.54. The molecule has 2 atom stereocenters. The first-order valence-corrected chi connectivity index (χ1v) is 5.24. The lowest BCUT2D eigenvalue weighted by Crippen LogP contribution is -2.21. The smallest absolute Gasteiger partial charge is 0.123 e. The van der Waals surface area contributed by atoms with Crippen LogP contribution in [0.15, 0.2) is 18.2 Å². The van der Waals surface area contributed by atoms with Crippen molar-refractivity contribution in [1.82, 2.24) is 0 Å². The van der Waals surface area contributed by atoms with Crippen molar-refractivity contribution in [1.29, 1.82) is 0 Å². The first-order valence-electron chi connectivity index (χ1n) is 5.24. The van der Waals surface area contributed by atoms with Crippen LogP contribution in [0.3, 0.4) is 0 Å². The van der Waals surface area contributed by atoms with E-state index in [4.69, 9.17) is 4.74 Å². The normalized spacial score (nSPS) is 29.8. The Kier molecular flexibility index (Phi) is 1.84. The van der Waals surface area contributed by atoms with Gasteiger partial charge in [-0.25, -0.2) is 4.39 Å². The topological polar surface area (TPSA) is 9.23 Å². The van der Waals surface area contributed by atoms with Crippen molar-refractivity contribution >= 4 is 0 Å². The van der Waals surface area contributed by atoms with E-state index in [-0.39, 0.29) is 5.82 Å². The molecule has 1 aliphatic heterocycles. The predicted molar refractivity (Wildman–Crippen MR) is 51.8 cm³/mol. The van der Waals surface area contributed by atoms with Crippen molar-refractivity contribution in [3.63, 3.8) is 0 Å². The molecule has 2 heteroatoms. The molecule has 1 saturated heterocycles. The minimum absolute atomic E-state index is 0.110. The average Bonchev–Trinajstić information content (AvgIpc) is 2.65. The quantitative estimate of drug-likeness (QED) is 0.614. The van der Waals surface area contributed by atoms with Crippen LogP contribution in [0.4, 0.5) is 4.39 Å². The Morgan fingerprint density at radius 1 is 1.29 bits per heavy atom. The molecule has 14 heavy (non-hydrogen) atoms. The van der Waals surface area contributed by atoms with Crippen molar-refractivity contribution < 1.29 is 9.13 Å². The second-order valence-corrected chi connectivity index (χ2v) is 4.19. The van der Waals surface area contributed by atoms with Gasteiger partial charge in [-0.05, 0) is 42.5 Å². The highest BCUT2D eigenvalue weighted by Gasteiger charge is 2.34. The third kappa shape index (κ3) is 1.17. The predicted octanol–water partition coefficient (Wildman–Crippen LogP) is 2.64. The van der Waals surface area contributed by atoms with Crippen molar-refractivity contribution in [2.45, 2.75) is 31.3 Å². The van der Waals surface area contributed by atoms with Gasteiger partial charge in [0.05, 0.1) is 6.10 Å². The van der Waals surface area contributed by atoms with Crippen LogP contribution in [0.25, 0.3) is 0 Å². The number of benzene rings is 1. The summed E-state index contributed by atoms with van der Waals surface area (Å²) in [5.74, 6) is 0.417. The zero-order valence-electron chi connectivity index (χ0n) is 8.00. The van der Waals surface area contributed by atoms with Gasteiger partial charge in [0.2, 0.25) is 0 Å². The Labute approximate surface area is 82.9 Å². The largest absolute Gasteiger partial charge is 0.378 e. The third-order valence-corrected chi connectivity index (χ3v) is 3.41. The highest BCUT2D eigenvalue weighted by molar-refractivity contribution is 5.35. The summed E-state index contributed by atoms with van der Waals surface area (Å²) in [5, 5.41) is 0. The fraction of sp³-hybridized carbons (Fsp3) is 0.500.